The van der Waals surface area contributed by atoms with E-state index >= 15 is 0 Å². The second-order valence-electron chi connectivity index (χ2n) is 3.96. The number of alkyl halides is 1. The van der Waals surface area contributed by atoms with E-state index in [-0.39, 0.29) is 11.9 Å². The Kier molecular flexibility index (Phi) is 5.17. The molecule has 0 N–H and O–H groups in total. The van der Waals surface area contributed by atoms with Gasteiger partial charge in [0.1, 0.15) is 0 Å². The van der Waals surface area contributed by atoms with Crippen molar-refractivity contribution in [2.45, 2.75) is 24.7 Å². The third-order valence-corrected chi connectivity index (χ3v) is 3.37. The Morgan fingerprint density at radius 1 is 1.47 bits per heavy atom. The Bertz CT molecular complexity index is 422. The van der Waals surface area contributed by atoms with Crippen molar-refractivity contribution in [1.29, 1.82) is 5.26 Å². The van der Waals surface area contributed by atoms with Gasteiger partial charge in [0.05, 0.1) is 12.5 Å². The topological polar surface area (TPSA) is 44.1 Å². The second kappa shape index (κ2) is 6.41. The smallest absolute Gasteiger partial charge is 0.253 e. The van der Waals surface area contributed by atoms with Crippen molar-refractivity contribution >= 4 is 21.8 Å². The fourth-order valence-electron chi connectivity index (χ4n) is 1.41. The second-order valence-corrected chi connectivity index (χ2v) is 4.52. The fourth-order valence-corrected chi connectivity index (χ4v) is 1.78. The van der Waals surface area contributed by atoms with Crippen LogP contribution in [0.2, 0.25) is 0 Å². The molecule has 0 fully saturated rings. The van der Waals surface area contributed by atoms with Gasteiger partial charge in [-0.25, -0.2) is 0 Å². The first-order valence-corrected chi connectivity index (χ1v) is 6.51. The summed E-state index contributed by atoms with van der Waals surface area (Å²) in [6, 6.07) is 9.48. The minimum absolute atomic E-state index is 0.0473. The largest absolute Gasteiger partial charge is 0.338 e. The zero-order valence-corrected chi connectivity index (χ0v) is 11.6. The Hall–Kier alpha value is -1.34. The number of benzene rings is 1. The Labute approximate surface area is 110 Å². The molecule has 0 aliphatic carbocycles. The SMILES string of the molecule is CC(CC#N)N(C)C(=O)c1ccc(CBr)cc1. The summed E-state index contributed by atoms with van der Waals surface area (Å²) < 4.78 is 0. The summed E-state index contributed by atoms with van der Waals surface area (Å²) in [5, 5.41) is 9.39. The molecule has 0 bridgehead atoms. The van der Waals surface area contributed by atoms with Crippen molar-refractivity contribution in [3.05, 3.63) is 35.4 Å². The van der Waals surface area contributed by atoms with Gasteiger partial charge in [-0.05, 0) is 24.6 Å². The van der Waals surface area contributed by atoms with Crippen molar-refractivity contribution in [2.24, 2.45) is 0 Å². The summed E-state index contributed by atoms with van der Waals surface area (Å²) in [7, 11) is 1.72. The van der Waals surface area contributed by atoms with Crippen LogP contribution in [0, 0.1) is 11.3 Å². The number of halogens is 1. The van der Waals surface area contributed by atoms with Gasteiger partial charge in [0.2, 0.25) is 0 Å². The number of hydrogen-bond donors (Lipinski definition) is 0. The van der Waals surface area contributed by atoms with Crippen LogP contribution in [0.3, 0.4) is 0 Å². The summed E-state index contributed by atoms with van der Waals surface area (Å²) in [6.07, 6.45) is 0.349. The predicted molar refractivity (Wildman–Crippen MR) is 70.9 cm³/mol. The van der Waals surface area contributed by atoms with Crippen LogP contribution < -0.4 is 0 Å². The lowest BCUT2D eigenvalue weighted by molar-refractivity contribution is 0.0746. The maximum absolute atomic E-state index is 12.1. The first kappa shape index (κ1) is 13.7. The van der Waals surface area contributed by atoms with E-state index < -0.39 is 0 Å². The van der Waals surface area contributed by atoms with Crippen LogP contribution in [-0.4, -0.2) is 23.9 Å². The first-order chi connectivity index (χ1) is 8.10. The van der Waals surface area contributed by atoms with E-state index in [1.165, 1.54) is 0 Å². The Morgan fingerprint density at radius 3 is 2.53 bits per heavy atom. The van der Waals surface area contributed by atoms with Crippen LogP contribution in [0.15, 0.2) is 24.3 Å². The van der Waals surface area contributed by atoms with E-state index in [0.29, 0.717) is 12.0 Å². The molecule has 0 saturated carbocycles. The lowest BCUT2D eigenvalue weighted by Gasteiger charge is -2.23. The summed E-state index contributed by atoms with van der Waals surface area (Å²) >= 11 is 3.36. The molecule has 0 heterocycles. The van der Waals surface area contributed by atoms with Gasteiger partial charge in [0, 0.05) is 24.0 Å². The third kappa shape index (κ3) is 3.57. The first-order valence-electron chi connectivity index (χ1n) is 5.39. The van der Waals surface area contributed by atoms with Gasteiger partial charge >= 0.3 is 0 Å². The van der Waals surface area contributed by atoms with Crippen LogP contribution >= 0.6 is 15.9 Å². The van der Waals surface area contributed by atoms with Crippen molar-refractivity contribution in [3.8, 4) is 6.07 Å². The quantitative estimate of drug-likeness (QED) is 0.802. The molecule has 1 amide bonds. The Morgan fingerprint density at radius 2 is 2.06 bits per heavy atom. The van der Waals surface area contributed by atoms with Crippen LogP contribution in [0.4, 0.5) is 0 Å². The molecule has 17 heavy (non-hydrogen) atoms. The van der Waals surface area contributed by atoms with Crippen molar-refractivity contribution in [3.63, 3.8) is 0 Å². The highest BCUT2D eigenvalue weighted by molar-refractivity contribution is 9.08. The molecule has 1 atom stereocenters. The number of nitrogens with zero attached hydrogens (tertiary/aromatic N) is 2. The summed E-state index contributed by atoms with van der Waals surface area (Å²) in [4.78, 5) is 13.7. The monoisotopic (exact) mass is 294 g/mol. The minimum atomic E-state index is -0.0663. The average molecular weight is 295 g/mol. The summed E-state index contributed by atoms with van der Waals surface area (Å²) in [5.41, 5.74) is 1.79. The average Bonchev–Trinajstić information content (AvgIpc) is 2.37. The fraction of sp³-hybridized carbons (Fsp3) is 0.385. The van der Waals surface area contributed by atoms with E-state index in [0.717, 1.165) is 10.9 Å². The molecular weight excluding hydrogens is 280 g/mol. The molecule has 90 valence electrons. The van der Waals surface area contributed by atoms with Gasteiger partial charge in [0.15, 0.2) is 0 Å². The number of carbonyl (C=O) groups excluding carboxylic acids is 1. The molecule has 1 rings (SSSR count). The van der Waals surface area contributed by atoms with Gasteiger partial charge in [0.25, 0.3) is 5.91 Å². The van der Waals surface area contributed by atoms with E-state index in [9.17, 15) is 4.79 Å². The van der Waals surface area contributed by atoms with Crippen molar-refractivity contribution < 1.29 is 4.79 Å². The zero-order chi connectivity index (χ0) is 12.8. The maximum atomic E-state index is 12.1. The Balaban J connectivity index is 2.78. The van der Waals surface area contributed by atoms with Crippen LogP contribution in [0.5, 0.6) is 0 Å². The molecule has 0 spiro atoms. The molecule has 4 heteroatoms. The molecule has 1 aromatic rings. The number of rotatable bonds is 4. The van der Waals surface area contributed by atoms with Gasteiger partial charge in [-0.3, -0.25) is 4.79 Å². The predicted octanol–water partition coefficient (Wildman–Crippen LogP) is 2.96. The van der Waals surface area contributed by atoms with Gasteiger partial charge in [-0.15, -0.1) is 0 Å². The van der Waals surface area contributed by atoms with Crippen molar-refractivity contribution in [1.82, 2.24) is 4.90 Å². The zero-order valence-electron chi connectivity index (χ0n) is 9.98. The van der Waals surface area contributed by atoms with Gasteiger partial charge in [-0.2, -0.15) is 5.26 Å². The molecule has 1 unspecified atom stereocenters. The molecular formula is C13H15BrN2O. The number of nitriles is 1. The van der Waals surface area contributed by atoms with Crippen LogP contribution in [0.25, 0.3) is 0 Å². The molecule has 0 aliphatic heterocycles. The normalized spacial score (nSPS) is 11.6. The van der Waals surface area contributed by atoms with Gasteiger partial charge < -0.3 is 4.90 Å². The maximum Gasteiger partial charge on any atom is 0.253 e. The van der Waals surface area contributed by atoms with Crippen LogP contribution in [0.1, 0.15) is 29.3 Å². The molecule has 0 aliphatic rings. The highest BCUT2D eigenvalue weighted by atomic mass is 79.9. The summed E-state index contributed by atoms with van der Waals surface area (Å²) in [5.74, 6) is -0.0473. The third-order valence-electron chi connectivity index (χ3n) is 2.72. The van der Waals surface area contributed by atoms with E-state index in [1.54, 1.807) is 11.9 Å². The number of hydrogen-bond acceptors (Lipinski definition) is 2. The standard InChI is InChI=1S/C13H15BrN2O/c1-10(7-8-15)16(2)13(17)12-5-3-11(9-14)4-6-12/h3-6,10H,7,9H2,1-2H3. The van der Waals surface area contributed by atoms with E-state index in [2.05, 4.69) is 22.0 Å². The molecule has 0 aromatic heterocycles. The van der Waals surface area contributed by atoms with E-state index in [4.69, 9.17) is 5.26 Å². The highest BCUT2D eigenvalue weighted by Gasteiger charge is 2.16. The lowest BCUT2D eigenvalue weighted by Crippen LogP contribution is -2.34. The molecule has 3 nitrogen and oxygen atoms in total. The molecule has 1 aromatic carbocycles. The van der Waals surface area contributed by atoms with E-state index in [1.807, 2.05) is 31.2 Å². The lowest BCUT2D eigenvalue weighted by atomic mass is 10.1. The number of amides is 1. The number of carbonyl (C=O) groups is 1. The van der Waals surface area contributed by atoms with Gasteiger partial charge in [-0.1, -0.05) is 28.1 Å². The minimum Gasteiger partial charge on any atom is -0.338 e. The summed E-state index contributed by atoms with van der Waals surface area (Å²) in [6.45, 7) is 1.87. The van der Waals surface area contributed by atoms with Crippen LogP contribution in [-0.2, 0) is 5.33 Å². The molecule has 0 radical (unpaired) electrons. The molecule has 0 saturated heterocycles. The van der Waals surface area contributed by atoms with Crippen molar-refractivity contribution in [2.75, 3.05) is 7.05 Å². The highest BCUT2D eigenvalue weighted by Crippen LogP contribution is 2.11.